The van der Waals surface area contributed by atoms with Gasteiger partial charge in [-0.1, -0.05) is 18.2 Å². The Balaban J connectivity index is 1.73. The van der Waals surface area contributed by atoms with Crippen LogP contribution in [0, 0.1) is 13.8 Å². The van der Waals surface area contributed by atoms with Gasteiger partial charge in [-0.25, -0.2) is 4.98 Å². The van der Waals surface area contributed by atoms with Crippen LogP contribution in [0.2, 0.25) is 0 Å². The van der Waals surface area contributed by atoms with E-state index in [9.17, 15) is 13.6 Å². The largest absolute Gasteiger partial charge is 0.434 e. The van der Waals surface area contributed by atoms with Crippen molar-refractivity contribution in [2.24, 2.45) is 0 Å². The van der Waals surface area contributed by atoms with Crippen molar-refractivity contribution in [3.8, 4) is 5.75 Å². The van der Waals surface area contributed by atoms with Gasteiger partial charge in [-0.15, -0.1) is 5.10 Å². The topological polar surface area (TPSA) is 107 Å². The predicted molar refractivity (Wildman–Crippen MR) is 93.3 cm³/mol. The summed E-state index contributed by atoms with van der Waals surface area (Å²) in [4.78, 5) is 20.7. The number of ether oxygens (including phenoxy) is 1. The number of nitrogens with zero attached hydrogens (tertiary/aromatic N) is 4. The maximum Gasteiger partial charge on any atom is 0.387 e. The van der Waals surface area contributed by atoms with Gasteiger partial charge in [0.05, 0.1) is 6.42 Å². The minimum Gasteiger partial charge on any atom is -0.434 e. The van der Waals surface area contributed by atoms with E-state index in [4.69, 9.17) is 5.73 Å². The molecule has 27 heavy (non-hydrogen) atoms. The molecule has 0 aliphatic heterocycles. The quantitative estimate of drug-likeness (QED) is 0.679. The molecule has 1 amide bonds. The monoisotopic (exact) mass is 376 g/mol. The first-order chi connectivity index (χ1) is 12.8. The van der Waals surface area contributed by atoms with Crippen molar-refractivity contribution >= 4 is 17.6 Å². The fourth-order valence-corrected chi connectivity index (χ4v) is 2.76. The van der Waals surface area contributed by atoms with E-state index in [0.29, 0.717) is 28.3 Å². The van der Waals surface area contributed by atoms with Crippen molar-refractivity contribution in [1.82, 2.24) is 24.9 Å². The Morgan fingerprint density at radius 2 is 2.04 bits per heavy atom. The van der Waals surface area contributed by atoms with Crippen molar-refractivity contribution in [3.63, 3.8) is 0 Å². The number of hydrogen-bond donors (Lipinski definition) is 2. The number of anilines is 1. The Bertz CT molecular complexity index is 989. The van der Waals surface area contributed by atoms with E-state index in [1.807, 2.05) is 0 Å². The van der Waals surface area contributed by atoms with E-state index in [0.717, 1.165) is 0 Å². The lowest BCUT2D eigenvalue weighted by Crippen LogP contribution is -2.26. The Morgan fingerprint density at radius 1 is 1.30 bits per heavy atom. The van der Waals surface area contributed by atoms with Gasteiger partial charge >= 0.3 is 6.61 Å². The average Bonchev–Trinajstić information content (AvgIpc) is 2.98. The number of aromatic nitrogens is 4. The number of amides is 1. The van der Waals surface area contributed by atoms with Crippen molar-refractivity contribution in [2.45, 2.75) is 33.4 Å². The second-order valence-electron chi connectivity index (χ2n) is 5.88. The molecular weight excluding hydrogens is 358 g/mol. The molecule has 0 unspecified atom stereocenters. The van der Waals surface area contributed by atoms with E-state index in [-0.39, 0.29) is 30.6 Å². The van der Waals surface area contributed by atoms with Crippen LogP contribution in [0.3, 0.4) is 0 Å². The molecule has 0 fully saturated rings. The molecule has 2 heterocycles. The van der Waals surface area contributed by atoms with Crippen LogP contribution in [0.1, 0.15) is 22.5 Å². The average molecular weight is 376 g/mol. The van der Waals surface area contributed by atoms with Gasteiger partial charge in [0.2, 0.25) is 11.9 Å². The summed E-state index contributed by atoms with van der Waals surface area (Å²) in [7, 11) is 0. The summed E-state index contributed by atoms with van der Waals surface area (Å²) in [5, 5.41) is 6.76. The van der Waals surface area contributed by atoms with Crippen molar-refractivity contribution < 1.29 is 18.3 Å². The minimum absolute atomic E-state index is 0.0290. The van der Waals surface area contributed by atoms with E-state index in [1.165, 1.54) is 10.6 Å². The molecule has 3 rings (SSSR count). The number of fused-ring (bicyclic) bond motifs is 1. The van der Waals surface area contributed by atoms with Crippen LogP contribution in [0.25, 0.3) is 5.78 Å². The van der Waals surface area contributed by atoms with Crippen molar-refractivity contribution in [2.75, 3.05) is 5.73 Å². The summed E-state index contributed by atoms with van der Waals surface area (Å²) in [5.74, 6) is 0.204. The Kier molecular flexibility index (Phi) is 5.15. The second kappa shape index (κ2) is 7.52. The fourth-order valence-electron chi connectivity index (χ4n) is 2.76. The molecule has 0 bridgehead atoms. The molecule has 0 aliphatic rings. The molecule has 3 aromatic rings. The number of carbonyl (C=O) groups is 1. The summed E-state index contributed by atoms with van der Waals surface area (Å²) in [6.07, 6.45) is 0.0538. The number of nitrogens with one attached hydrogen (secondary N) is 1. The highest BCUT2D eigenvalue weighted by molar-refractivity contribution is 5.79. The zero-order valence-electron chi connectivity index (χ0n) is 14.7. The first-order valence-electron chi connectivity index (χ1n) is 8.13. The summed E-state index contributed by atoms with van der Waals surface area (Å²) in [6, 6.07) is 6.30. The smallest absolute Gasteiger partial charge is 0.387 e. The third-order valence-electron chi connectivity index (χ3n) is 4.07. The van der Waals surface area contributed by atoms with E-state index >= 15 is 0 Å². The van der Waals surface area contributed by atoms with Gasteiger partial charge in [0.25, 0.3) is 5.78 Å². The summed E-state index contributed by atoms with van der Waals surface area (Å²) >= 11 is 0. The number of aryl methyl sites for hydroxylation is 2. The molecule has 8 nitrogen and oxygen atoms in total. The Morgan fingerprint density at radius 3 is 2.78 bits per heavy atom. The molecule has 2 aromatic heterocycles. The third kappa shape index (κ3) is 4.10. The van der Waals surface area contributed by atoms with Crippen LogP contribution in [0.15, 0.2) is 24.3 Å². The number of hydrogen-bond acceptors (Lipinski definition) is 6. The maximum absolute atomic E-state index is 12.5. The van der Waals surface area contributed by atoms with Gasteiger partial charge in [0.15, 0.2) is 0 Å². The number of nitrogens with two attached hydrogens (primary N) is 1. The number of halogens is 2. The van der Waals surface area contributed by atoms with Crippen molar-refractivity contribution in [3.05, 3.63) is 46.8 Å². The lowest BCUT2D eigenvalue weighted by molar-refractivity contribution is -0.120. The fraction of sp³-hybridized carbons (Fsp3) is 0.294. The highest BCUT2D eigenvalue weighted by Crippen LogP contribution is 2.20. The number of alkyl halides is 2. The SMILES string of the molecule is Cc1nc2nc(N)nn2c(C)c1CC(=O)NCc1ccccc1OC(F)F. The van der Waals surface area contributed by atoms with Gasteiger partial charge in [0, 0.05) is 29.1 Å². The molecule has 3 N–H and O–H groups in total. The van der Waals surface area contributed by atoms with Crippen LogP contribution in [-0.2, 0) is 17.8 Å². The molecule has 142 valence electrons. The highest BCUT2D eigenvalue weighted by Gasteiger charge is 2.16. The number of carbonyl (C=O) groups excluding carboxylic acids is 1. The number of para-hydroxylation sites is 1. The number of nitrogen functional groups attached to an aromatic ring is 1. The maximum atomic E-state index is 12.5. The van der Waals surface area contributed by atoms with Gasteiger partial charge in [-0.3, -0.25) is 4.79 Å². The van der Waals surface area contributed by atoms with E-state index in [2.05, 4.69) is 25.1 Å². The molecular formula is C17H18F2N6O2. The van der Waals surface area contributed by atoms with Crippen LogP contribution in [0.4, 0.5) is 14.7 Å². The Labute approximate surface area is 153 Å². The minimum atomic E-state index is -2.93. The normalized spacial score (nSPS) is 11.1. The summed E-state index contributed by atoms with van der Waals surface area (Å²) < 4.78 is 30.9. The molecule has 0 atom stereocenters. The summed E-state index contributed by atoms with van der Waals surface area (Å²) in [6.45, 7) is 0.697. The van der Waals surface area contributed by atoms with Gasteiger partial charge in [-0.05, 0) is 19.9 Å². The standard InChI is InChI=1S/C17H18F2N6O2/c1-9-12(10(2)25-17(22-9)23-16(20)24-25)7-14(26)21-8-11-5-3-4-6-13(11)27-15(18)19/h3-6,15H,7-8H2,1-2H3,(H2,20,24)(H,21,26). The van der Waals surface area contributed by atoms with Crippen molar-refractivity contribution in [1.29, 1.82) is 0 Å². The molecule has 10 heteroatoms. The van der Waals surface area contributed by atoms with Crippen LogP contribution in [-0.4, -0.2) is 32.1 Å². The molecule has 0 saturated carbocycles. The van der Waals surface area contributed by atoms with Gasteiger partial charge in [-0.2, -0.15) is 18.3 Å². The zero-order valence-corrected chi connectivity index (χ0v) is 14.7. The molecule has 0 radical (unpaired) electrons. The number of rotatable bonds is 6. The molecule has 0 aliphatic carbocycles. The predicted octanol–water partition coefficient (Wildman–Crippen LogP) is 1.78. The van der Waals surface area contributed by atoms with Gasteiger partial charge in [0.1, 0.15) is 5.75 Å². The number of benzene rings is 1. The summed E-state index contributed by atoms with van der Waals surface area (Å²) in [5.41, 5.74) is 8.10. The Hall–Kier alpha value is -3.30. The van der Waals surface area contributed by atoms with Gasteiger partial charge < -0.3 is 15.8 Å². The highest BCUT2D eigenvalue weighted by atomic mass is 19.3. The van der Waals surface area contributed by atoms with E-state index < -0.39 is 6.61 Å². The second-order valence-corrected chi connectivity index (χ2v) is 5.88. The molecule has 0 saturated heterocycles. The zero-order chi connectivity index (χ0) is 19.6. The first-order valence-corrected chi connectivity index (χ1v) is 8.13. The van der Waals surface area contributed by atoms with Crippen LogP contribution >= 0.6 is 0 Å². The first kappa shape index (κ1) is 18.5. The van der Waals surface area contributed by atoms with E-state index in [1.54, 1.807) is 32.0 Å². The third-order valence-corrected chi connectivity index (χ3v) is 4.07. The lowest BCUT2D eigenvalue weighted by atomic mass is 10.1. The molecule has 0 spiro atoms. The molecule has 1 aromatic carbocycles. The van der Waals surface area contributed by atoms with Crippen LogP contribution < -0.4 is 15.8 Å². The lowest BCUT2D eigenvalue weighted by Gasteiger charge is -2.13. The van der Waals surface area contributed by atoms with Crippen LogP contribution in [0.5, 0.6) is 5.75 Å².